The van der Waals surface area contributed by atoms with Gasteiger partial charge in [0.15, 0.2) is 0 Å². The number of hydrogen-bond acceptors (Lipinski definition) is 4. The highest BCUT2D eigenvalue weighted by atomic mass is 32.1. The fourth-order valence-electron chi connectivity index (χ4n) is 1.24. The number of rotatable bonds is 6. The summed E-state index contributed by atoms with van der Waals surface area (Å²) in [6.45, 7) is 7.37. The van der Waals surface area contributed by atoms with E-state index in [2.05, 4.69) is 31.1 Å². The number of nitrogens with zero attached hydrogens (tertiary/aromatic N) is 1. The number of nitrogens with one attached hydrogen (secondary N) is 1. The van der Waals surface area contributed by atoms with Crippen LogP contribution in [0.25, 0.3) is 0 Å². The van der Waals surface area contributed by atoms with Gasteiger partial charge in [-0.2, -0.15) is 0 Å². The van der Waals surface area contributed by atoms with Gasteiger partial charge in [0.1, 0.15) is 5.01 Å². The Morgan fingerprint density at radius 2 is 2.27 bits per heavy atom. The van der Waals surface area contributed by atoms with Gasteiger partial charge in [0.05, 0.1) is 6.61 Å². The molecular formula is C11H20N2OS. The van der Waals surface area contributed by atoms with Crippen LogP contribution in [0.2, 0.25) is 0 Å². The number of aliphatic hydroxyl groups is 1. The molecule has 4 heteroatoms. The first-order valence-corrected chi connectivity index (χ1v) is 6.27. The highest BCUT2D eigenvalue weighted by Crippen LogP contribution is 2.21. The van der Waals surface area contributed by atoms with Gasteiger partial charge in [0.25, 0.3) is 0 Å². The molecule has 0 aliphatic carbocycles. The maximum Gasteiger partial charge on any atom is 0.107 e. The predicted molar refractivity (Wildman–Crippen MR) is 64.2 cm³/mol. The summed E-state index contributed by atoms with van der Waals surface area (Å²) >= 11 is 1.75. The van der Waals surface area contributed by atoms with Crippen LogP contribution in [-0.4, -0.2) is 22.7 Å². The summed E-state index contributed by atoms with van der Waals surface area (Å²) in [6.07, 6.45) is 2.89. The fourth-order valence-corrected chi connectivity index (χ4v) is 2.12. The summed E-state index contributed by atoms with van der Waals surface area (Å²) in [5.41, 5.74) is 0. The van der Waals surface area contributed by atoms with Gasteiger partial charge < -0.3 is 10.4 Å². The van der Waals surface area contributed by atoms with Crippen molar-refractivity contribution in [3.05, 3.63) is 16.1 Å². The third kappa shape index (κ3) is 3.89. The van der Waals surface area contributed by atoms with Crippen LogP contribution in [0.4, 0.5) is 0 Å². The molecule has 2 N–H and O–H groups in total. The Morgan fingerprint density at radius 3 is 2.73 bits per heavy atom. The Labute approximate surface area is 95.6 Å². The fraction of sp³-hybridized carbons (Fsp3) is 0.727. The van der Waals surface area contributed by atoms with Gasteiger partial charge in [-0.05, 0) is 12.3 Å². The Bertz CT molecular complexity index is 282. The molecule has 0 saturated carbocycles. The van der Waals surface area contributed by atoms with Crippen molar-refractivity contribution in [3.8, 4) is 0 Å². The van der Waals surface area contributed by atoms with Gasteiger partial charge in [-0.15, -0.1) is 11.3 Å². The second-order valence-corrected chi connectivity index (χ2v) is 5.13. The summed E-state index contributed by atoms with van der Waals surface area (Å²) in [4.78, 5) is 5.68. The number of hydrogen-bond donors (Lipinski definition) is 2. The maximum atomic E-state index is 9.02. The average molecular weight is 228 g/mol. The van der Waals surface area contributed by atoms with Crippen molar-refractivity contribution in [3.63, 3.8) is 0 Å². The molecule has 0 aliphatic rings. The normalized spacial score (nSPS) is 13.4. The quantitative estimate of drug-likeness (QED) is 0.784. The molecule has 1 rings (SSSR count). The second kappa shape index (κ2) is 6.20. The minimum absolute atomic E-state index is 0.191. The Balaban J connectivity index is 2.43. The van der Waals surface area contributed by atoms with Gasteiger partial charge in [-0.3, -0.25) is 0 Å². The molecule has 0 unspecified atom stereocenters. The van der Waals surface area contributed by atoms with Gasteiger partial charge in [-0.1, -0.05) is 20.8 Å². The molecule has 1 heterocycles. The van der Waals surface area contributed by atoms with Gasteiger partial charge in [0.2, 0.25) is 0 Å². The molecule has 0 radical (unpaired) electrons. The van der Waals surface area contributed by atoms with Crippen molar-refractivity contribution in [2.75, 3.05) is 6.61 Å². The summed E-state index contributed by atoms with van der Waals surface area (Å²) in [5.74, 6) is 0.552. The van der Waals surface area contributed by atoms with Crippen LogP contribution in [0.3, 0.4) is 0 Å². The summed E-state index contributed by atoms with van der Waals surface area (Å²) < 4.78 is 0. The van der Waals surface area contributed by atoms with Crippen LogP contribution >= 0.6 is 11.3 Å². The molecule has 1 aromatic heterocycles. The molecule has 1 atom stereocenters. The Morgan fingerprint density at radius 1 is 1.53 bits per heavy atom. The van der Waals surface area contributed by atoms with E-state index in [-0.39, 0.29) is 12.6 Å². The maximum absolute atomic E-state index is 9.02. The van der Waals surface area contributed by atoms with Crippen molar-refractivity contribution in [1.82, 2.24) is 10.3 Å². The molecule has 0 aromatic carbocycles. The minimum Gasteiger partial charge on any atom is -0.395 e. The molecular weight excluding hydrogens is 208 g/mol. The lowest BCUT2D eigenvalue weighted by atomic mass is 10.2. The molecule has 0 fully saturated rings. The van der Waals surface area contributed by atoms with Crippen LogP contribution in [0.15, 0.2) is 6.20 Å². The van der Waals surface area contributed by atoms with Gasteiger partial charge in [0, 0.05) is 23.7 Å². The lowest BCUT2D eigenvalue weighted by Crippen LogP contribution is -2.31. The highest BCUT2D eigenvalue weighted by molar-refractivity contribution is 7.11. The van der Waals surface area contributed by atoms with E-state index in [1.54, 1.807) is 11.3 Å². The Kier molecular flexibility index (Phi) is 5.22. The van der Waals surface area contributed by atoms with Crippen LogP contribution in [0.5, 0.6) is 0 Å². The number of aromatic nitrogens is 1. The molecule has 0 amide bonds. The monoisotopic (exact) mass is 228 g/mol. The number of aliphatic hydroxyl groups excluding tert-OH is 1. The van der Waals surface area contributed by atoms with Crippen molar-refractivity contribution in [2.45, 2.75) is 45.7 Å². The topological polar surface area (TPSA) is 45.1 Å². The van der Waals surface area contributed by atoms with Gasteiger partial charge in [-0.25, -0.2) is 4.98 Å². The third-order valence-electron chi connectivity index (χ3n) is 2.40. The molecule has 0 bridgehead atoms. The smallest absolute Gasteiger partial charge is 0.107 e. The molecule has 0 saturated heterocycles. The second-order valence-electron chi connectivity index (χ2n) is 3.98. The van der Waals surface area contributed by atoms with Crippen molar-refractivity contribution in [1.29, 1.82) is 0 Å². The standard InChI is InChI=1S/C11H20N2OS/c1-4-9(7-14)12-6-11-13-5-10(15-11)8(2)3/h5,8-9,12,14H,4,6-7H2,1-3H3/t9-/m1/s1. The van der Waals surface area contributed by atoms with E-state index >= 15 is 0 Å². The van der Waals surface area contributed by atoms with E-state index in [9.17, 15) is 0 Å². The summed E-state index contributed by atoms with van der Waals surface area (Å²) in [6, 6.07) is 0.191. The molecule has 86 valence electrons. The summed E-state index contributed by atoms with van der Waals surface area (Å²) in [5, 5.41) is 13.4. The molecule has 1 aromatic rings. The molecule has 3 nitrogen and oxygen atoms in total. The zero-order valence-corrected chi connectivity index (χ0v) is 10.5. The first kappa shape index (κ1) is 12.6. The van der Waals surface area contributed by atoms with E-state index in [0.29, 0.717) is 5.92 Å². The van der Waals surface area contributed by atoms with Crippen LogP contribution < -0.4 is 5.32 Å². The van der Waals surface area contributed by atoms with Crippen LogP contribution in [0.1, 0.15) is 43.0 Å². The average Bonchev–Trinajstić information content (AvgIpc) is 2.68. The van der Waals surface area contributed by atoms with E-state index in [0.717, 1.165) is 18.0 Å². The van der Waals surface area contributed by atoms with Crippen molar-refractivity contribution < 1.29 is 5.11 Å². The lowest BCUT2D eigenvalue weighted by Gasteiger charge is -2.12. The van der Waals surface area contributed by atoms with E-state index < -0.39 is 0 Å². The Hall–Kier alpha value is -0.450. The van der Waals surface area contributed by atoms with E-state index in [1.807, 2.05) is 6.20 Å². The highest BCUT2D eigenvalue weighted by Gasteiger charge is 2.07. The molecule has 15 heavy (non-hydrogen) atoms. The SMILES string of the molecule is CC[C@H](CO)NCc1ncc(C(C)C)s1. The largest absolute Gasteiger partial charge is 0.395 e. The van der Waals surface area contributed by atoms with E-state index in [1.165, 1.54) is 4.88 Å². The van der Waals surface area contributed by atoms with Gasteiger partial charge >= 0.3 is 0 Å². The van der Waals surface area contributed by atoms with E-state index in [4.69, 9.17) is 5.11 Å². The van der Waals surface area contributed by atoms with Crippen LogP contribution in [-0.2, 0) is 6.54 Å². The zero-order valence-electron chi connectivity index (χ0n) is 9.66. The first-order chi connectivity index (χ1) is 7.17. The third-order valence-corrected chi connectivity index (χ3v) is 3.69. The van der Waals surface area contributed by atoms with Crippen molar-refractivity contribution >= 4 is 11.3 Å². The van der Waals surface area contributed by atoms with Crippen molar-refractivity contribution in [2.24, 2.45) is 0 Å². The summed E-state index contributed by atoms with van der Waals surface area (Å²) in [7, 11) is 0. The van der Waals surface area contributed by atoms with Crippen LogP contribution in [0, 0.1) is 0 Å². The molecule has 0 spiro atoms. The zero-order chi connectivity index (χ0) is 11.3. The number of thiazole rings is 1. The first-order valence-electron chi connectivity index (χ1n) is 5.46. The molecule has 0 aliphatic heterocycles. The minimum atomic E-state index is 0.191. The predicted octanol–water partition coefficient (Wildman–Crippen LogP) is 2.13. The lowest BCUT2D eigenvalue weighted by molar-refractivity contribution is 0.238.